The third-order valence-electron chi connectivity index (χ3n) is 4.64. The summed E-state index contributed by atoms with van der Waals surface area (Å²) >= 11 is 2.05. The van der Waals surface area contributed by atoms with Gasteiger partial charge in [-0.3, -0.25) is 0 Å². The minimum atomic E-state index is 0.481. The Kier molecular flexibility index (Phi) is 4.79. The maximum atomic E-state index is 3.73. The van der Waals surface area contributed by atoms with E-state index in [2.05, 4.69) is 42.1 Å². The molecule has 2 aliphatic heterocycles. The zero-order chi connectivity index (χ0) is 12.3. The maximum Gasteiger partial charge on any atom is 0.0246 e. The van der Waals surface area contributed by atoms with Gasteiger partial charge in [-0.05, 0) is 57.0 Å². The normalized spacial score (nSPS) is 31.6. The van der Waals surface area contributed by atoms with Gasteiger partial charge in [0.2, 0.25) is 0 Å². The molecule has 0 bridgehead atoms. The Hall–Kier alpha value is 0.270. The molecule has 3 heteroatoms. The molecule has 0 aromatic carbocycles. The SMILES string of the molecule is CSC1CCN(CC2NCCCC2(C)C)CC1. The highest BCUT2D eigenvalue weighted by atomic mass is 32.2. The van der Waals surface area contributed by atoms with Crippen molar-refractivity contribution in [2.75, 3.05) is 32.4 Å². The molecule has 2 heterocycles. The van der Waals surface area contributed by atoms with Crippen molar-refractivity contribution in [3.8, 4) is 0 Å². The van der Waals surface area contributed by atoms with Crippen LogP contribution in [0.3, 0.4) is 0 Å². The first-order valence-electron chi connectivity index (χ1n) is 7.10. The van der Waals surface area contributed by atoms with Crippen molar-refractivity contribution in [2.24, 2.45) is 5.41 Å². The van der Waals surface area contributed by atoms with Crippen molar-refractivity contribution < 1.29 is 0 Å². The van der Waals surface area contributed by atoms with E-state index in [4.69, 9.17) is 0 Å². The number of thioether (sulfide) groups is 1. The van der Waals surface area contributed by atoms with Gasteiger partial charge in [0, 0.05) is 17.8 Å². The van der Waals surface area contributed by atoms with Crippen molar-refractivity contribution in [1.29, 1.82) is 0 Å². The predicted molar refractivity (Wildman–Crippen MR) is 77.8 cm³/mol. The second-order valence-corrected chi connectivity index (χ2v) is 7.47. The standard InChI is InChI=1S/C14H28N2S/c1-14(2)7-4-8-15-13(14)11-16-9-5-12(17-3)6-10-16/h12-13,15H,4-11H2,1-3H3. The average molecular weight is 256 g/mol. The molecule has 100 valence electrons. The first kappa shape index (κ1) is 13.7. The lowest BCUT2D eigenvalue weighted by atomic mass is 9.77. The lowest BCUT2D eigenvalue weighted by molar-refractivity contribution is 0.116. The Morgan fingerprint density at radius 3 is 2.59 bits per heavy atom. The van der Waals surface area contributed by atoms with Gasteiger partial charge in [0.25, 0.3) is 0 Å². The molecule has 17 heavy (non-hydrogen) atoms. The minimum absolute atomic E-state index is 0.481. The molecule has 0 aliphatic carbocycles. The van der Waals surface area contributed by atoms with Crippen LogP contribution in [0.4, 0.5) is 0 Å². The lowest BCUT2D eigenvalue weighted by Gasteiger charge is -2.43. The molecule has 1 unspecified atom stereocenters. The number of hydrogen-bond donors (Lipinski definition) is 1. The highest BCUT2D eigenvalue weighted by Gasteiger charge is 2.33. The number of rotatable bonds is 3. The zero-order valence-corrected chi connectivity index (χ0v) is 12.5. The molecule has 0 aromatic heterocycles. The quantitative estimate of drug-likeness (QED) is 0.835. The summed E-state index contributed by atoms with van der Waals surface area (Å²) in [5.41, 5.74) is 0.481. The van der Waals surface area contributed by atoms with Gasteiger partial charge in [-0.25, -0.2) is 0 Å². The smallest absolute Gasteiger partial charge is 0.0246 e. The topological polar surface area (TPSA) is 15.3 Å². The number of nitrogens with one attached hydrogen (secondary N) is 1. The predicted octanol–water partition coefficient (Wildman–Crippen LogP) is 2.59. The summed E-state index contributed by atoms with van der Waals surface area (Å²) in [5, 5.41) is 4.65. The van der Waals surface area contributed by atoms with Crippen LogP contribution in [0.25, 0.3) is 0 Å². The number of piperidine rings is 2. The second kappa shape index (κ2) is 5.94. The van der Waals surface area contributed by atoms with Crippen LogP contribution in [-0.4, -0.2) is 48.6 Å². The molecule has 0 radical (unpaired) electrons. The van der Waals surface area contributed by atoms with Crippen molar-refractivity contribution in [3.63, 3.8) is 0 Å². The molecule has 1 N–H and O–H groups in total. The van der Waals surface area contributed by atoms with E-state index in [0.717, 1.165) is 5.25 Å². The van der Waals surface area contributed by atoms with Crippen LogP contribution in [0.15, 0.2) is 0 Å². The van der Waals surface area contributed by atoms with Gasteiger partial charge in [-0.1, -0.05) is 13.8 Å². The highest BCUT2D eigenvalue weighted by molar-refractivity contribution is 7.99. The highest BCUT2D eigenvalue weighted by Crippen LogP contribution is 2.31. The maximum absolute atomic E-state index is 3.73. The molecule has 0 aromatic rings. The Bertz CT molecular complexity index is 234. The summed E-state index contributed by atoms with van der Waals surface area (Å²) < 4.78 is 0. The van der Waals surface area contributed by atoms with Gasteiger partial charge in [0.1, 0.15) is 0 Å². The Labute approximate surface area is 111 Å². The van der Waals surface area contributed by atoms with E-state index in [1.54, 1.807) is 0 Å². The molecule has 2 aliphatic rings. The monoisotopic (exact) mass is 256 g/mol. The average Bonchev–Trinajstić information content (AvgIpc) is 2.33. The van der Waals surface area contributed by atoms with Gasteiger partial charge in [-0.15, -0.1) is 0 Å². The molecule has 2 fully saturated rings. The largest absolute Gasteiger partial charge is 0.312 e. The molecule has 2 nitrogen and oxygen atoms in total. The van der Waals surface area contributed by atoms with E-state index in [9.17, 15) is 0 Å². The van der Waals surface area contributed by atoms with E-state index in [0.29, 0.717) is 11.5 Å². The summed E-state index contributed by atoms with van der Waals surface area (Å²) in [5.74, 6) is 0. The van der Waals surface area contributed by atoms with E-state index in [1.165, 1.54) is 51.9 Å². The summed E-state index contributed by atoms with van der Waals surface area (Å²) in [4.78, 5) is 2.68. The van der Waals surface area contributed by atoms with E-state index in [-0.39, 0.29) is 0 Å². The Morgan fingerprint density at radius 1 is 1.29 bits per heavy atom. The van der Waals surface area contributed by atoms with Crippen LogP contribution in [0.5, 0.6) is 0 Å². The van der Waals surface area contributed by atoms with Crippen molar-refractivity contribution in [3.05, 3.63) is 0 Å². The van der Waals surface area contributed by atoms with Crippen molar-refractivity contribution >= 4 is 11.8 Å². The lowest BCUT2D eigenvalue weighted by Crippen LogP contribution is -2.54. The molecule has 0 saturated carbocycles. The summed E-state index contributed by atoms with van der Waals surface area (Å²) in [6.07, 6.45) is 7.75. The van der Waals surface area contributed by atoms with Crippen LogP contribution < -0.4 is 5.32 Å². The zero-order valence-electron chi connectivity index (χ0n) is 11.7. The Morgan fingerprint density at radius 2 is 2.00 bits per heavy atom. The minimum Gasteiger partial charge on any atom is -0.312 e. The van der Waals surface area contributed by atoms with Gasteiger partial charge >= 0.3 is 0 Å². The van der Waals surface area contributed by atoms with Crippen LogP contribution in [-0.2, 0) is 0 Å². The van der Waals surface area contributed by atoms with E-state index in [1.807, 2.05) is 0 Å². The third kappa shape index (κ3) is 3.62. The molecule has 1 atom stereocenters. The van der Waals surface area contributed by atoms with Gasteiger partial charge in [0.05, 0.1) is 0 Å². The number of nitrogens with zero attached hydrogens (tertiary/aromatic N) is 1. The number of likely N-dealkylation sites (tertiary alicyclic amines) is 1. The summed E-state index contributed by atoms with van der Waals surface area (Å²) in [6, 6.07) is 0.696. The molecular weight excluding hydrogens is 228 g/mol. The first-order valence-corrected chi connectivity index (χ1v) is 8.39. The van der Waals surface area contributed by atoms with Crippen LogP contribution in [0.2, 0.25) is 0 Å². The van der Waals surface area contributed by atoms with Gasteiger partial charge < -0.3 is 10.2 Å². The van der Waals surface area contributed by atoms with E-state index < -0.39 is 0 Å². The number of hydrogen-bond acceptors (Lipinski definition) is 3. The molecule has 0 amide bonds. The fourth-order valence-corrected chi connectivity index (χ4v) is 3.85. The molecular formula is C14H28N2S. The Balaban J connectivity index is 1.80. The fraction of sp³-hybridized carbons (Fsp3) is 1.00. The van der Waals surface area contributed by atoms with E-state index >= 15 is 0 Å². The fourth-order valence-electron chi connectivity index (χ4n) is 3.17. The van der Waals surface area contributed by atoms with Crippen molar-refractivity contribution in [2.45, 2.75) is 50.8 Å². The van der Waals surface area contributed by atoms with Gasteiger partial charge in [0.15, 0.2) is 0 Å². The summed E-state index contributed by atoms with van der Waals surface area (Å²) in [7, 11) is 0. The third-order valence-corrected chi connectivity index (χ3v) is 5.78. The summed E-state index contributed by atoms with van der Waals surface area (Å²) in [6.45, 7) is 9.94. The second-order valence-electron chi connectivity index (χ2n) is 6.33. The van der Waals surface area contributed by atoms with Crippen molar-refractivity contribution in [1.82, 2.24) is 10.2 Å². The van der Waals surface area contributed by atoms with Crippen LogP contribution in [0, 0.1) is 5.41 Å². The molecule has 2 saturated heterocycles. The van der Waals surface area contributed by atoms with Crippen LogP contribution in [0.1, 0.15) is 39.5 Å². The van der Waals surface area contributed by atoms with Gasteiger partial charge in [-0.2, -0.15) is 11.8 Å². The molecule has 2 rings (SSSR count). The first-order chi connectivity index (χ1) is 8.12. The molecule has 0 spiro atoms. The van der Waals surface area contributed by atoms with Crippen LogP contribution >= 0.6 is 11.8 Å².